The van der Waals surface area contributed by atoms with E-state index in [-0.39, 0.29) is 0 Å². The van der Waals surface area contributed by atoms with Gasteiger partial charge >= 0.3 is 0 Å². The van der Waals surface area contributed by atoms with Gasteiger partial charge in [-0.15, -0.1) is 0 Å². The van der Waals surface area contributed by atoms with Crippen molar-refractivity contribution in [1.29, 1.82) is 0 Å². The number of para-hydroxylation sites is 1. The molecule has 19 heavy (non-hydrogen) atoms. The van der Waals surface area contributed by atoms with Gasteiger partial charge < -0.3 is 10.6 Å². The van der Waals surface area contributed by atoms with Crippen molar-refractivity contribution in [2.24, 2.45) is 5.73 Å². The summed E-state index contributed by atoms with van der Waals surface area (Å²) in [4.78, 5) is 2.39. The molecule has 6 heteroatoms. The van der Waals surface area contributed by atoms with Crippen molar-refractivity contribution in [3.8, 4) is 0 Å². The van der Waals surface area contributed by atoms with E-state index in [0.717, 1.165) is 25.2 Å². The van der Waals surface area contributed by atoms with Gasteiger partial charge in [0, 0.05) is 27.2 Å². The molecular formula is C13H23N3O2S. The molecule has 0 amide bonds. The molecule has 0 heterocycles. The minimum atomic E-state index is -3.43. The van der Waals surface area contributed by atoms with Crippen LogP contribution in [-0.2, 0) is 10.0 Å². The Morgan fingerprint density at radius 2 is 1.84 bits per heavy atom. The van der Waals surface area contributed by atoms with Crippen LogP contribution in [0.5, 0.6) is 0 Å². The van der Waals surface area contributed by atoms with Crippen LogP contribution in [0, 0.1) is 0 Å². The van der Waals surface area contributed by atoms with Gasteiger partial charge in [0.25, 0.3) is 0 Å². The van der Waals surface area contributed by atoms with Gasteiger partial charge in [0.2, 0.25) is 10.0 Å². The van der Waals surface area contributed by atoms with Gasteiger partial charge in [0.1, 0.15) is 4.90 Å². The molecule has 0 aliphatic carbocycles. The molecule has 0 saturated heterocycles. The van der Waals surface area contributed by atoms with Crippen molar-refractivity contribution < 1.29 is 8.42 Å². The van der Waals surface area contributed by atoms with Crippen molar-refractivity contribution in [3.05, 3.63) is 24.3 Å². The third-order valence-electron chi connectivity index (χ3n) is 2.98. The fraction of sp³-hybridized carbons (Fsp3) is 0.538. The van der Waals surface area contributed by atoms with Crippen molar-refractivity contribution >= 4 is 15.7 Å². The molecule has 5 nitrogen and oxygen atoms in total. The van der Waals surface area contributed by atoms with Gasteiger partial charge in [0.15, 0.2) is 0 Å². The SMILES string of the molecule is CCN(CCCN)c1ccccc1S(=O)(=O)N(C)C. The number of hydrogen-bond acceptors (Lipinski definition) is 4. The second-order valence-corrected chi connectivity index (χ2v) is 6.60. The van der Waals surface area contributed by atoms with E-state index in [1.165, 1.54) is 4.31 Å². The quantitative estimate of drug-likeness (QED) is 0.815. The lowest BCUT2D eigenvalue weighted by Gasteiger charge is -2.26. The first-order chi connectivity index (χ1) is 8.95. The molecule has 1 aromatic carbocycles. The number of nitrogens with two attached hydrogens (primary N) is 1. The standard InChI is InChI=1S/C13H23N3O2S/c1-4-16(11-7-10-14)12-8-5-6-9-13(12)19(17,18)15(2)3/h5-6,8-9H,4,7,10-11,14H2,1-3H3. The summed E-state index contributed by atoms with van der Waals surface area (Å²) in [6.07, 6.45) is 0.837. The molecule has 0 fully saturated rings. The Kier molecular flexibility index (Phi) is 5.78. The van der Waals surface area contributed by atoms with Crippen LogP contribution >= 0.6 is 0 Å². The van der Waals surface area contributed by atoms with Gasteiger partial charge in [0.05, 0.1) is 5.69 Å². The molecule has 108 valence electrons. The monoisotopic (exact) mass is 285 g/mol. The second kappa shape index (κ2) is 6.88. The normalized spacial score (nSPS) is 11.8. The number of sulfonamides is 1. The van der Waals surface area contributed by atoms with Crippen molar-refractivity contribution in [1.82, 2.24) is 4.31 Å². The average molecular weight is 285 g/mol. The highest BCUT2D eigenvalue weighted by atomic mass is 32.2. The van der Waals surface area contributed by atoms with Crippen LogP contribution in [0.4, 0.5) is 5.69 Å². The average Bonchev–Trinajstić information content (AvgIpc) is 2.40. The lowest BCUT2D eigenvalue weighted by atomic mass is 10.2. The van der Waals surface area contributed by atoms with E-state index in [9.17, 15) is 8.42 Å². The Bertz CT molecular complexity index is 500. The fourth-order valence-corrected chi connectivity index (χ4v) is 2.97. The van der Waals surface area contributed by atoms with E-state index in [0.29, 0.717) is 11.4 Å². The van der Waals surface area contributed by atoms with Gasteiger partial charge in [-0.1, -0.05) is 12.1 Å². The summed E-state index contributed by atoms with van der Waals surface area (Å²) < 4.78 is 25.9. The van der Waals surface area contributed by atoms with Crippen LogP contribution in [0.2, 0.25) is 0 Å². The zero-order valence-electron chi connectivity index (χ0n) is 11.8. The van der Waals surface area contributed by atoms with E-state index >= 15 is 0 Å². The van der Waals surface area contributed by atoms with Crippen LogP contribution in [0.1, 0.15) is 13.3 Å². The lowest BCUT2D eigenvalue weighted by Crippen LogP contribution is -2.29. The fourth-order valence-electron chi connectivity index (χ4n) is 1.86. The smallest absolute Gasteiger partial charge is 0.244 e. The molecule has 0 aromatic heterocycles. The highest BCUT2D eigenvalue weighted by Gasteiger charge is 2.22. The highest BCUT2D eigenvalue weighted by Crippen LogP contribution is 2.26. The summed E-state index contributed by atoms with van der Waals surface area (Å²) in [5, 5.41) is 0. The Hall–Kier alpha value is -1.11. The molecule has 0 aliphatic heterocycles. The molecule has 1 rings (SSSR count). The van der Waals surface area contributed by atoms with E-state index in [1.54, 1.807) is 26.2 Å². The topological polar surface area (TPSA) is 66.6 Å². The van der Waals surface area contributed by atoms with E-state index in [2.05, 4.69) is 0 Å². The minimum absolute atomic E-state index is 0.346. The minimum Gasteiger partial charge on any atom is -0.371 e. The van der Waals surface area contributed by atoms with Crippen LogP contribution in [0.3, 0.4) is 0 Å². The number of hydrogen-bond donors (Lipinski definition) is 1. The predicted octanol–water partition coefficient (Wildman–Crippen LogP) is 1.11. The van der Waals surface area contributed by atoms with Crippen LogP contribution in [-0.4, -0.2) is 46.5 Å². The Morgan fingerprint density at radius 3 is 2.37 bits per heavy atom. The molecule has 0 atom stereocenters. The van der Waals surface area contributed by atoms with E-state index < -0.39 is 10.0 Å². The largest absolute Gasteiger partial charge is 0.371 e. The molecule has 0 radical (unpaired) electrons. The molecule has 2 N–H and O–H groups in total. The van der Waals surface area contributed by atoms with Crippen LogP contribution < -0.4 is 10.6 Å². The van der Waals surface area contributed by atoms with E-state index in [1.807, 2.05) is 24.0 Å². The van der Waals surface area contributed by atoms with E-state index in [4.69, 9.17) is 5.73 Å². The molecule has 0 aliphatic rings. The van der Waals surface area contributed by atoms with Crippen molar-refractivity contribution in [2.75, 3.05) is 38.6 Å². The maximum atomic E-state index is 12.3. The number of rotatable bonds is 7. The van der Waals surface area contributed by atoms with Crippen molar-refractivity contribution in [2.45, 2.75) is 18.2 Å². The third-order valence-corrected chi connectivity index (χ3v) is 4.84. The zero-order chi connectivity index (χ0) is 14.5. The summed E-state index contributed by atoms with van der Waals surface area (Å²) in [7, 11) is -0.339. The third kappa shape index (κ3) is 3.68. The first-order valence-electron chi connectivity index (χ1n) is 6.41. The summed E-state index contributed by atoms with van der Waals surface area (Å²) >= 11 is 0. The number of benzene rings is 1. The van der Waals surface area contributed by atoms with Crippen LogP contribution in [0.25, 0.3) is 0 Å². The molecule has 0 spiro atoms. The highest BCUT2D eigenvalue weighted by molar-refractivity contribution is 7.89. The summed E-state index contributed by atoms with van der Waals surface area (Å²) in [6, 6.07) is 7.10. The zero-order valence-corrected chi connectivity index (χ0v) is 12.7. The second-order valence-electron chi connectivity index (χ2n) is 4.48. The molecule has 0 saturated carbocycles. The maximum Gasteiger partial charge on any atom is 0.244 e. The van der Waals surface area contributed by atoms with Gasteiger partial charge in [-0.2, -0.15) is 0 Å². The maximum absolute atomic E-state index is 12.3. The Morgan fingerprint density at radius 1 is 1.21 bits per heavy atom. The first-order valence-corrected chi connectivity index (χ1v) is 7.85. The predicted molar refractivity (Wildman–Crippen MR) is 78.9 cm³/mol. The lowest BCUT2D eigenvalue weighted by molar-refractivity contribution is 0.520. The molecule has 0 bridgehead atoms. The molecular weight excluding hydrogens is 262 g/mol. The summed E-state index contributed by atoms with van der Waals surface area (Å²) in [5.74, 6) is 0. The van der Waals surface area contributed by atoms with Gasteiger partial charge in [-0.25, -0.2) is 12.7 Å². The Balaban J connectivity index is 3.21. The first kappa shape index (κ1) is 15.9. The summed E-state index contributed by atoms with van der Waals surface area (Å²) in [5.41, 5.74) is 6.27. The Labute approximate surface area is 116 Å². The molecule has 0 unspecified atom stereocenters. The molecule has 1 aromatic rings. The van der Waals surface area contributed by atoms with Gasteiger partial charge in [-0.05, 0) is 32.0 Å². The van der Waals surface area contributed by atoms with Gasteiger partial charge in [-0.3, -0.25) is 0 Å². The van der Waals surface area contributed by atoms with Crippen LogP contribution in [0.15, 0.2) is 29.2 Å². The summed E-state index contributed by atoms with van der Waals surface area (Å²) in [6.45, 7) is 4.11. The number of nitrogens with zero attached hydrogens (tertiary/aromatic N) is 2. The van der Waals surface area contributed by atoms with Crippen molar-refractivity contribution in [3.63, 3.8) is 0 Å². The number of anilines is 1.